The number of ketones is 1. The number of pyridine rings is 1. The Morgan fingerprint density at radius 2 is 2.36 bits per heavy atom. The van der Waals surface area contributed by atoms with Crippen molar-refractivity contribution >= 4 is 16.8 Å². The Morgan fingerprint density at radius 1 is 1.57 bits per heavy atom. The average molecular weight is 192 g/mol. The van der Waals surface area contributed by atoms with E-state index in [2.05, 4.69) is 4.98 Å². The molecule has 0 aliphatic heterocycles. The smallest absolute Gasteiger partial charge is 0.192 e. The van der Waals surface area contributed by atoms with Gasteiger partial charge in [0.2, 0.25) is 0 Å². The zero-order valence-corrected chi connectivity index (χ0v) is 7.21. The molecule has 0 aromatic carbocycles. The molecule has 72 valence electrons. The molecule has 2 heterocycles. The molecule has 0 fully saturated rings. The Kier molecular flexibility index (Phi) is 1.94. The summed E-state index contributed by atoms with van der Waals surface area (Å²) in [6, 6.07) is 3.29. The third-order valence-corrected chi connectivity index (χ3v) is 1.98. The van der Waals surface area contributed by atoms with Gasteiger partial charge >= 0.3 is 0 Å². The summed E-state index contributed by atoms with van der Waals surface area (Å²) in [5, 5.41) is 18.1. The van der Waals surface area contributed by atoms with Gasteiger partial charge in [0.05, 0.1) is 11.8 Å². The number of carbonyl (C=O) groups is 1. The average Bonchev–Trinajstić information content (AvgIpc) is 2.56. The van der Waals surface area contributed by atoms with Crippen molar-refractivity contribution in [3.63, 3.8) is 0 Å². The number of aliphatic hydroxyl groups excluding tert-OH is 1. The van der Waals surface area contributed by atoms with E-state index < -0.39 is 12.4 Å². The van der Waals surface area contributed by atoms with Crippen molar-refractivity contribution in [1.29, 1.82) is 0 Å². The molecule has 5 heteroatoms. The summed E-state index contributed by atoms with van der Waals surface area (Å²) in [6.45, 7) is -0.588. The van der Waals surface area contributed by atoms with Gasteiger partial charge in [0.25, 0.3) is 0 Å². The van der Waals surface area contributed by atoms with Gasteiger partial charge in [-0.2, -0.15) is 4.73 Å². The van der Waals surface area contributed by atoms with Gasteiger partial charge in [-0.1, -0.05) is 0 Å². The van der Waals surface area contributed by atoms with Crippen LogP contribution in [0.5, 0.6) is 0 Å². The highest BCUT2D eigenvalue weighted by Gasteiger charge is 2.14. The first-order valence-corrected chi connectivity index (χ1v) is 4.03. The standard InChI is InChI=1S/C9H8N2O3/c12-5-8(13)6-4-11(14)7-2-1-3-10-9(6)7/h1-4,12,14H,5H2. The molecule has 2 N–H and O–H groups in total. The molecule has 0 aliphatic carbocycles. The molecular weight excluding hydrogens is 184 g/mol. The molecule has 0 unspecified atom stereocenters. The van der Waals surface area contributed by atoms with E-state index in [4.69, 9.17) is 5.11 Å². The maximum absolute atomic E-state index is 11.2. The van der Waals surface area contributed by atoms with Crippen molar-refractivity contribution in [3.05, 3.63) is 30.1 Å². The number of hydrogen-bond acceptors (Lipinski definition) is 4. The van der Waals surface area contributed by atoms with Gasteiger partial charge < -0.3 is 10.3 Å². The molecule has 2 aromatic rings. The fraction of sp³-hybridized carbons (Fsp3) is 0.111. The fourth-order valence-corrected chi connectivity index (χ4v) is 1.33. The minimum absolute atomic E-state index is 0.227. The maximum Gasteiger partial charge on any atom is 0.192 e. The summed E-state index contributed by atoms with van der Waals surface area (Å²) in [5.41, 5.74) is 1.07. The molecule has 2 aromatic heterocycles. The number of aliphatic hydroxyl groups is 1. The minimum Gasteiger partial charge on any atom is -0.428 e. The van der Waals surface area contributed by atoms with E-state index in [0.29, 0.717) is 11.0 Å². The Bertz CT molecular complexity index is 490. The molecular formula is C9H8N2O3. The van der Waals surface area contributed by atoms with E-state index in [1.165, 1.54) is 12.4 Å². The minimum atomic E-state index is -0.588. The second-order valence-corrected chi connectivity index (χ2v) is 2.84. The van der Waals surface area contributed by atoms with E-state index >= 15 is 0 Å². The molecule has 14 heavy (non-hydrogen) atoms. The first kappa shape index (κ1) is 8.71. The number of rotatable bonds is 2. The highest BCUT2D eigenvalue weighted by molar-refractivity contribution is 6.07. The molecule has 0 bridgehead atoms. The topological polar surface area (TPSA) is 75.3 Å². The summed E-state index contributed by atoms with van der Waals surface area (Å²) in [5.74, 6) is -0.457. The van der Waals surface area contributed by atoms with Crippen LogP contribution in [0, 0.1) is 0 Å². The Morgan fingerprint density at radius 3 is 3.07 bits per heavy atom. The summed E-state index contributed by atoms with van der Waals surface area (Å²) in [6.07, 6.45) is 2.77. The van der Waals surface area contributed by atoms with E-state index in [1.807, 2.05) is 0 Å². The molecule has 0 aliphatic rings. The number of fused-ring (bicyclic) bond motifs is 1. The lowest BCUT2D eigenvalue weighted by Gasteiger charge is -1.92. The van der Waals surface area contributed by atoms with Crippen LogP contribution in [0.25, 0.3) is 11.0 Å². The van der Waals surface area contributed by atoms with Crippen molar-refractivity contribution in [2.45, 2.75) is 0 Å². The number of hydrogen-bond donors (Lipinski definition) is 2. The van der Waals surface area contributed by atoms with Crippen LogP contribution in [0.1, 0.15) is 10.4 Å². The highest BCUT2D eigenvalue weighted by atomic mass is 16.5. The molecule has 0 atom stereocenters. The first-order chi connectivity index (χ1) is 6.74. The second kappa shape index (κ2) is 3.12. The number of aromatic nitrogens is 2. The fourth-order valence-electron chi connectivity index (χ4n) is 1.33. The molecule has 5 nitrogen and oxygen atoms in total. The van der Waals surface area contributed by atoms with Gasteiger partial charge in [0, 0.05) is 6.20 Å². The van der Waals surface area contributed by atoms with Crippen LogP contribution in [0.2, 0.25) is 0 Å². The summed E-state index contributed by atoms with van der Waals surface area (Å²) >= 11 is 0. The van der Waals surface area contributed by atoms with Gasteiger partial charge in [0.1, 0.15) is 17.6 Å². The number of Topliss-reactive ketones (excluding diaryl/α,β-unsaturated/α-hetero) is 1. The molecule has 0 spiro atoms. The SMILES string of the molecule is O=C(CO)c1cn(O)c2cccnc12. The van der Waals surface area contributed by atoms with Crippen LogP contribution in [0.15, 0.2) is 24.5 Å². The number of nitrogens with zero attached hydrogens (tertiary/aromatic N) is 2. The van der Waals surface area contributed by atoms with Crippen molar-refractivity contribution in [3.8, 4) is 0 Å². The third-order valence-electron chi connectivity index (χ3n) is 1.98. The molecule has 0 saturated heterocycles. The molecule has 0 amide bonds. The van der Waals surface area contributed by atoms with E-state index in [9.17, 15) is 10.0 Å². The lowest BCUT2D eigenvalue weighted by Crippen LogP contribution is -2.03. The van der Waals surface area contributed by atoms with E-state index in [-0.39, 0.29) is 5.56 Å². The maximum atomic E-state index is 11.2. The lowest BCUT2D eigenvalue weighted by molar-refractivity contribution is 0.0903. The van der Waals surface area contributed by atoms with E-state index in [0.717, 1.165) is 4.73 Å². The van der Waals surface area contributed by atoms with Crippen molar-refractivity contribution in [2.75, 3.05) is 6.61 Å². The van der Waals surface area contributed by atoms with Crippen LogP contribution in [-0.4, -0.2) is 32.4 Å². The Balaban J connectivity index is 2.72. The van der Waals surface area contributed by atoms with Crippen molar-refractivity contribution in [1.82, 2.24) is 9.71 Å². The predicted octanol–water partition coefficient (Wildman–Crippen LogP) is 0.449. The molecule has 0 radical (unpaired) electrons. The van der Waals surface area contributed by atoms with Gasteiger partial charge in [-0.3, -0.25) is 9.78 Å². The van der Waals surface area contributed by atoms with Crippen LogP contribution in [-0.2, 0) is 0 Å². The van der Waals surface area contributed by atoms with Crippen LogP contribution in [0.3, 0.4) is 0 Å². The van der Waals surface area contributed by atoms with Crippen LogP contribution >= 0.6 is 0 Å². The predicted molar refractivity (Wildman–Crippen MR) is 48.3 cm³/mol. The first-order valence-electron chi connectivity index (χ1n) is 4.03. The number of carbonyl (C=O) groups excluding carboxylic acids is 1. The lowest BCUT2D eigenvalue weighted by atomic mass is 10.2. The van der Waals surface area contributed by atoms with Crippen molar-refractivity contribution < 1.29 is 15.1 Å². The van der Waals surface area contributed by atoms with Gasteiger partial charge in [-0.05, 0) is 12.1 Å². The third kappa shape index (κ3) is 1.14. The largest absolute Gasteiger partial charge is 0.428 e. The highest BCUT2D eigenvalue weighted by Crippen LogP contribution is 2.17. The monoisotopic (exact) mass is 192 g/mol. The molecule has 0 saturated carbocycles. The van der Waals surface area contributed by atoms with Gasteiger partial charge in [-0.15, -0.1) is 0 Å². The van der Waals surface area contributed by atoms with Gasteiger partial charge in [-0.25, -0.2) is 0 Å². The summed E-state index contributed by atoms with van der Waals surface area (Å²) < 4.78 is 0.825. The zero-order chi connectivity index (χ0) is 10.1. The summed E-state index contributed by atoms with van der Waals surface area (Å²) in [7, 11) is 0. The van der Waals surface area contributed by atoms with E-state index in [1.54, 1.807) is 12.1 Å². The molecule has 2 rings (SSSR count). The quantitative estimate of drug-likeness (QED) is 0.535. The Hall–Kier alpha value is -1.88. The zero-order valence-electron chi connectivity index (χ0n) is 7.21. The van der Waals surface area contributed by atoms with Crippen LogP contribution < -0.4 is 0 Å². The van der Waals surface area contributed by atoms with Gasteiger partial charge in [0.15, 0.2) is 5.78 Å². The Labute approximate surface area is 79.2 Å². The normalized spacial score (nSPS) is 10.6. The summed E-state index contributed by atoms with van der Waals surface area (Å²) in [4.78, 5) is 15.2. The van der Waals surface area contributed by atoms with Crippen LogP contribution in [0.4, 0.5) is 0 Å². The van der Waals surface area contributed by atoms with Crippen molar-refractivity contribution in [2.24, 2.45) is 0 Å². The second-order valence-electron chi connectivity index (χ2n) is 2.84.